The van der Waals surface area contributed by atoms with Gasteiger partial charge in [0, 0.05) is 42.7 Å². The van der Waals surface area contributed by atoms with Crippen LogP contribution in [-0.4, -0.2) is 54.7 Å². The Morgan fingerprint density at radius 3 is 2.81 bits per heavy atom. The van der Waals surface area contributed by atoms with Crippen LogP contribution in [0, 0.1) is 5.92 Å². The highest BCUT2D eigenvalue weighted by Gasteiger charge is 2.24. The number of guanidine groups is 1. The average Bonchev–Trinajstić information content (AvgIpc) is 3.08. The van der Waals surface area contributed by atoms with Crippen molar-refractivity contribution in [3.8, 4) is 0 Å². The van der Waals surface area contributed by atoms with E-state index in [1.807, 2.05) is 25.6 Å². The van der Waals surface area contributed by atoms with Crippen LogP contribution in [0.5, 0.6) is 0 Å². The molecule has 1 unspecified atom stereocenters. The van der Waals surface area contributed by atoms with Crippen molar-refractivity contribution >= 4 is 23.6 Å². The second-order valence-corrected chi connectivity index (χ2v) is 8.03. The zero-order chi connectivity index (χ0) is 18.8. The highest BCUT2D eigenvalue weighted by atomic mass is 32.2. The Bertz CT molecular complexity index is 576. The van der Waals surface area contributed by atoms with Gasteiger partial charge in [0.05, 0.1) is 6.54 Å². The molecule has 2 rings (SSSR count). The number of nitrogens with one attached hydrogen (secondary N) is 2. The number of carbonyl (C=O) groups is 1. The van der Waals surface area contributed by atoms with E-state index in [4.69, 9.17) is 0 Å². The molecule has 0 bridgehead atoms. The van der Waals surface area contributed by atoms with Gasteiger partial charge in [0.25, 0.3) is 0 Å². The van der Waals surface area contributed by atoms with E-state index in [0.717, 1.165) is 31.3 Å². The summed E-state index contributed by atoms with van der Waals surface area (Å²) in [7, 11) is 0. The molecule has 1 aliphatic heterocycles. The summed E-state index contributed by atoms with van der Waals surface area (Å²) in [4.78, 5) is 20.1. The molecule has 1 aromatic carbocycles. The summed E-state index contributed by atoms with van der Waals surface area (Å²) in [5, 5.41) is 6.28. The van der Waals surface area contributed by atoms with Gasteiger partial charge in [0.2, 0.25) is 5.91 Å². The number of rotatable bonds is 8. The molecule has 1 atom stereocenters. The summed E-state index contributed by atoms with van der Waals surface area (Å²) in [5.41, 5.74) is 0. The van der Waals surface area contributed by atoms with Gasteiger partial charge in [-0.1, -0.05) is 18.2 Å². The molecular weight excluding hydrogens is 344 g/mol. The summed E-state index contributed by atoms with van der Waals surface area (Å²) in [6.45, 7) is 9.47. The Balaban J connectivity index is 1.80. The van der Waals surface area contributed by atoms with Crippen molar-refractivity contribution in [2.75, 3.05) is 31.9 Å². The van der Waals surface area contributed by atoms with Gasteiger partial charge in [0.15, 0.2) is 5.96 Å². The van der Waals surface area contributed by atoms with Crippen molar-refractivity contribution < 1.29 is 4.79 Å². The van der Waals surface area contributed by atoms with Gasteiger partial charge >= 0.3 is 0 Å². The standard InChI is InChI=1S/C20H32N4OS/c1-4-21-20(22-12-10-19(25)23-16(2)3)24-13-11-17(14-24)15-26-18-8-6-5-7-9-18/h5-9,16-17H,4,10-15H2,1-3H3,(H,21,22)(H,23,25). The minimum absolute atomic E-state index is 0.0677. The van der Waals surface area contributed by atoms with Crippen molar-refractivity contribution in [1.82, 2.24) is 15.5 Å². The fourth-order valence-corrected chi connectivity index (χ4v) is 4.02. The van der Waals surface area contributed by atoms with Crippen LogP contribution in [0.15, 0.2) is 40.2 Å². The maximum absolute atomic E-state index is 11.8. The number of hydrogen-bond donors (Lipinski definition) is 2. The van der Waals surface area contributed by atoms with Crippen molar-refractivity contribution in [3.05, 3.63) is 30.3 Å². The molecular formula is C20H32N4OS. The van der Waals surface area contributed by atoms with E-state index < -0.39 is 0 Å². The molecule has 0 spiro atoms. The number of thioether (sulfide) groups is 1. The summed E-state index contributed by atoms with van der Waals surface area (Å²) in [6.07, 6.45) is 1.63. The second kappa shape index (κ2) is 11.1. The number of aliphatic imine (C=N–C) groups is 1. The first-order valence-electron chi connectivity index (χ1n) is 9.59. The Hall–Kier alpha value is -1.69. The number of carbonyl (C=O) groups excluding carboxylic acids is 1. The fraction of sp³-hybridized carbons (Fsp3) is 0.600. The van der Waals surface area contributed by atoms with Crippen LogP contribution in [0.4, 0.5) is 0 Å². The van der Waals surface area contributed by atoms with Gasteiger partial charge in [-0.25, -0.2) is 0 Å². The third kappa shape index (κ3) is 7.28. The SMILES string of the molecule is CCNC(=NCCC(=O)NC(C)C)N1CCC(CSc2ccccc2)C1. The lowest BCUT2D eigenvalue weighted by atomic mass is 10.2. The van der Waals surface area contributed by atoms with E-state index in [1.165, 1.54) is 11.3 Å². The van der Waals surface area contributed by atoms with Crippen LogP contribution in [0.2, 0.25) is 0 Å². The molecule has 26 heavy (non-hydrogen) atoms. The molecule has 0 saturated carbocycles. The monoisotopic (exact) mass is 376 g/mol. The Labute approximate surface area is 162 Å². The zero-order valence-corrected chi connectivity index (χ0v) is 17.0. The van der Waals surface area contributed by atoms with Gasteiger partial charge in [0.1, 0.15) is 0 Å². The van der Waals surface area contributed by atoms with E-state index in [9.17, 15) is 4.79 Å². The first kappa shape index (κ1) is 20.6. The van der Waals surface area contributed by atoms with Gasteiger partial charge in [-0.15, -0.1) is 11.8 Å². The van der Waals surface area contributed by atoms with Crippen molar-refractivity contribution in [2.24, 2.45) is 10.9 Å². The Kier molecular flexibility index (Phi) is 8.81. The molecule has 0 radical (unpaired) electrons. The molecule has 1 aliphatic rings. The number of likely N-dealkylation sites (tertiary alicyclic amines) is 1. The first-order chi connectivity index (χ1) is 12.6. The highest BCUT2D eigenvalue weighted by Crippen LogP contribution is 2.25. The lowest BCUT2D eigenvalue weighted by Crippen LogP contribution is -2.40. The van der Waals surface area contributed by atoms with Crippen LogP contribution >= 0.6 is 11.8 Å². The number of nitrogens with zero attached hydrogens (tertiary/aromatic N) is 2. The van der Waals surface area contributed by atoms with Gasteiger partial charge < -0.3 is 15.5 Å². The Morgan fingerprint density at radius 2 is 2.12 bits per heavy atom. The summed E-state index contributed by atoms with van der Waals surface area (Å²) in [6, 6.07) is 10.8. The quantitative estimate of drug-likeness (QED) is 0.416. The molecule has 1 amide bonds. The summed E-state index contributed by atoms with van der Waals surface area (Å²) in [5.74, 6) is 2.82. The molecule has 144 valence electrons. The number of amides is 1. The molecule has 1 aromatic rings. The van der Waals surface area contributed by atoms with E-state index in [0.29, 0.717) is 18.9 Å². The molecule has 1 heterocycles. The highest BCUT2D eigenvalue weighted by molar-refractivity contribution is 7.99. The third-order valence-corrected chi connectivity index (χ3v) is 5.44. The predicted octanol–water partition coefficient (Wildman–Crippen LogP) is 2.98. The summed E-state index contributed by atoms with van der Waals surface area (Å²) >= 11 is 1.93. The van der Waals surface area contributed by atoms with Crippen LogP contribution < -0.4 is 10.6 Å². The molecule has 5 nitrogen and oxygen atoms in total. The normalized spacial score (nSPS) is 17.6. The van der Waals surface area contributed by atoms with Gasteiger partial charge in [-0.2, -0.15) is 0 Å². The maximum Gasteiger partial charge on any atom is 0.222 e. The van der Waals surface area contributed by atoms with E-state index in [2.05, 4.69) is 57.8 Å². The van der Waals surface area contributed by atoms with Crippen LogP contribution in [-0.2, 0) is 4.79 Å². The smallest absolute Gasteiger partial charge is 0.222 e. The van der Waals surface area contributed by atoms with Crippen molar-refractivity contribution in [1.29, 1.82) is 0 Å². The topological polar surface area (TPSA) is 56.7 Å². The van der Waals surface area contributed by atoms with Crippen molar-refractivity contribution in [3.63, 3.8) is 0 Å². The molecule has 1 saturated heterocycles. The number of hydrogen-bond acceptors (Lipinski definition) is 3. The summed E-state index contributed by atoms with van der Waals surface area (Å²) < 4.78 is 0. The lowest BCUT2D eigenvalue weighted by molar-refractivity contribution is -0.121. The third-order valence-electron chi connectivity index (χ3n) is 4.20. The largest absolute Gasteiger partial charge is 0.357 e. The van der Waals surface area contributed by atoms with Crippen molar-refractivity contribution in [2.45, 2.75) is 44.6 Å². The Morgan fingerprint density at radius 1 is 1.35 bits per heavy atom. The molecule has 2 N–H and O–H groups in total. The van der Waals surface area contributed by atoms with Gasteiger partial charge in [-0.3, -0.25) is 9.79 Å². The van der Waals surface area contributed by atoms with E-state index >= 15 is 0 Å². The fourth-order valence-electron chi connectivity index (χ4n) is 2.98. The zero-order valence-electron chi connectivity index (χ0n) is 16.2. The minimum atomic E-state index is 0.0677. The van der Waals surface area contributed by atoms with Crippen LogP contribution in [0.1, 0.15) is 33.6 Å². The second-order valence-electron chi connectivity index (χ2n) is 6.93. The number of benzene rings is 1. The maximum atomic E-state index is 11.8. The average molecular weight is 377 g/mol. The van der Waals surface area contributed by atoms with Gasteiger partial charge in [-0.05, 0) is 45.2 Å². The molecule has 0 aromatic heterocycles. The lowest BCUT2D eigenvalue weighted by Gasteiger charge is -2.21. The van der Waals surface area contributed by atoms with E-state index in [-0.39, 0.29) is 11.9 Å². The molecule has 6 heteroatoms. The van der Waals surface area contributed by atoms with Crippen LogP contribution in [0.3, 0.4) is 0 Å². The molecule has 0 aliphatic carbocycles. The van der Waals surface area contributed by atoms with Crippen LogP contribution in [0.25, 0.3) is 0 Å². The first-order valence-corrected chi connectivity index (χ1v) is 10.6. The minimum Gasteiger partial charge on any atom is -0.357 e. The molecule has 1 fully saturated rings. The van der Waals surface area contributed by atoms with E-state index in [1.54, 1.807) is 0 Å². The predicted molar refractivity (Wildman–Crippen MR) is 111 cm³/mol.